The highest BCUT2D eigenvalue weighted by Gasteiger charge is 2.23. The van der Waals surface area contributed by atoms with Crippen LogP contribution in [-0.4, -0.2) is 51.0 Å². The van der Waals surface area contributed by atoms with E-state index >= 15 is 0 Å². The molecule has 0 amide bonds. The third-order valence-electron chi connectivity index (χ3n) is 4.84. The van der Waals surface area contributed by atoms with E-state index in [2.05, 4.69) is 10.3 Å². The SMILES string of the molecule is CO.COc1cc2cc(c1OC)Cc1nc(C)n3nc(-c4ccncc4)nc(c13)N2. The van der Waals surface area contributed by atoms with E-state index in [4.69, 9.17) is 29.6 Å². The number of ether oxygens (including phenoxy) is 2. The van der Waals surface area contributed by atoms with Gasteiger partial charge in [0.05, 0.1) is 19.9 Å². The molecule has 0 radical (unpaired) electrons. The van der Waals surface area contributed by atoms with Crippen LogP contribution in [0.3, 0.4) is 0 Å². The maximum absolute atomic E-state index is 7.00. The van der Waals surface area contributed by atoms with Gasteiger partial charge in [-0.2, -0.15) is 0 Å². The molecule has 9 heteroatoms. The first-order valence-electron chi connectivity index (χ1n) is 9.31. The molecule has 5 rings (SSSR count). The monoisotopic (exact) mass is 406 g/mol. The predicted octanol–water partition coefficient (Wildman–Crippen LogP) is 2.77. The third kappa shape index (κ3) is 3.18. The summed E-state index contributed by atoms with van der Waals surface area (Å²) >= 11 is 0. The minimum atomic E-state index is 0.595. The summed E-state index contributed by atoms with van der Waals surface area (Å²) in [6.45, 7) is 1.94. The zero-order valence-corrected chi connectivity index (χ0v) is 17.2. The number of aryl methyl sites for hydroxylation is 1. The maximum Gasteiger partial charge on any atom is 0.182 e. The number of fused-ring (bicyclic) bond motifs is 2. The Balaban J connectivity index is 0.00000106. The summed E-state index contributed by atoms with van der Waals surface area (Å²) in [5, 5.41) is 15.1. The highest BCUT2D eigenvalue weighted by molar-refractivity contribution is 5.80. The zero-order chi connectivity index (χ0) is 21.3. The molecule has 1 aliphatic heterocycles. The van der Waals surface area contributed by atoms with E-state index in [1.54, 1.807) is 26.6 Å². The summed E-state index contributed by atoms with van der Waals surface area (Å²) in [5.41, 5.74) is 4.51. The molecule has 1 aromatic carbocycles. The van der Waals surface area contributed by atoms with Crippen LogP contribution in [0.25, 0.3) is 16.9 Å². The number of nitrogens with one attached hydrogen (secondary N) is 1. The van der Waals surface area contributed by atoms with E-state index in [-0.39, 0.29) is 0 Å². The van der Waals surface area contributed by atoms with Gasteiger partial charge < -0.3 is 19.9 Å². The number of benzene rings is 1. The van der Waals surface area contributed by atoms with Crippen LogP contribution in [0.1, 0.15) is 17.1 Å². The number of pyridine rings is 1. The second kappa shape index (κ2) is 7.96. The summed E-state index contributed by atoms with van der Waals surface area (Å²) < 4.78 is 12.9. The molecule has 0 saturated heterocycles. The number of anilines is 2. The molecule has 2 bridgehead atoms. The molecule has 0 saturated carbocycles. The number of nitrogens with zero attached hydrogens (tertiary/aromatic N) is 5. The lowest BCUT2D eigenvalue weighted by atomic mass is 10.0. The zero-order valence-electron chi connectivity index (χ0n) is 17.2. The average molecular weight is 406 g/mol. The Bertz CT molecular complexity index is 1210. The molecular weight excluding hydrogens is 384 g/mol. The van der Waals surface area contributed by atoms with Gasteiger partial charge in [-0.3, -0.25) is 4.98 Å². The standard InChI is InChI=1S/C20H18N6O2.CH4O/c1-11-22-15-9-13-8-14(10-16(27-2)18(13)28-3)23-20-17(15)26(11)25-19(24-20)12-4-6-21-7-5-12;1-2/h4-8,10H,9H2,1-3H3,(H,23,24,25);2H,1H3. The molecule has 154 valence electrons. The molecule has 2 N–H and O–H groups in total. The average Bonchev–Trinajstić information content (AvgIpc) is 3.09. The summed E-state index contributed by atoms with van der Waals surface area (Å²) in [4.78, 5) is 13.6. The molecular formula is C21H22N6O3. The third-order valence-corrected chi connectivity index (χ3v) is 4.84. The topological polar surface area (TPSA) is 107 Å². The second-order valence-electron chi connectivity index (χ2n) is 6.56. The van der Waals surface area contributed by atoms with Crippen molar-refractivity contribution in [1.82, 2.24) is 24.6 Å². The van der Waals surface area contributed by atoms with Crippen molar-refractivity contribution in [3.8, 4) is 22.9 Å². The molecule has 3 aromatic heterocycles. The van der Waals surface area contributed by atoms with Gasteiger partial charge in [-0.05, 0) is 25.1 Å². The number of hydrogen-bond donors (Lipinski definition) is 2. The van der Waals surface area contributed by atoms with E-state index < -0.39 is 0 Å². The molecule has 0 atom stereocenters. The normalized spacial score (nSPS) is 11.6. The van der Waals surface area contributed by atoms with E-state index in [0.717, 1.165) is 41.0 Å². The highest BCUT2D eigenvalue weighted by atomic mass is 16.5. The number of rotatable bonds is 3. The molecule has 30 heavy (non-hydrogen) atoms. The molecule has 9 nitrogen and oxygen atoms in total. The van der Waals surface area contributed by atoms with Crippen molar-refractivity contribution < 1.29 is 14.6 Å². The Morgan fingerprint density at radius 3 is 2.53 bits per heavy atom. The predicted molar refractivity (Wildman–Crippen MR) is 113 cm³/mol. The quantitative estimate of drug-likeness (QED) is 0.471. The van der Waals surface area contributed by atoms with E-state index in [0.29, 0.717) is 29.6 Å². The van der Waals surface area contributed by atoms with Gasteiger partial charge in [0.15, 0.2) is 23.1 Å². The van der Waals surface area contributed by atoms with Crippen LogP contribution in [0.4, 0.5) is 11.5 Å². The van der Waals surface area contributed by atoms with Crippen molar-refractivity contribution in [2.45, 2.75) is 13.3 Å². The van der Waals surface area contributed by atoms with Crippen molar-refractivity contribution in [2.24, 2.45) is 0 Å². The van der Waals surface area contributed by atoms with Gasteiger partial charge in [0.1, 0.15) is 11.3 Å². The highest BCUT2D eigenvalue weighted by Crippen LogP contribution is 2.39. The fraction of sp³-hybridized carbons (Fsp3) is 0.238. The van der Waals surface area contributed by atoms with Crippen LogP contribution in [0, 0.1) is 6.92 Å². The Kier molecular flexibility index (Phi) is 5.20. The van der Waals surface area contributed by atoms with E-state index in [1.807, 2.05) is 35.7 Å². The van der Waals surface area contributed by atoms with Crippen molar-refractivity contribution in [2.75, 3.05) is 26.6 Å². The van der Waals surface area contributed by atoms with Gasteiger partial charge in [-0.15, -0.1) is 5.10 Å². The largest absolute Gasteiger partial charge is 0.493 e. The van der Waals surface area contributed by atoms with Gasteiger partial charge in [0.25, 0.3) is 0 Å². The van der Waals surface area contributed by atoms with Gasteiger partial charge in [-0.25, -0.2) is 14.5 Å². The van der Waals surface area contributed by atoms with Crippen LogP contribution in [-0.2, 0) is 6.42 Å². The molecule has 0 aliphatic carbocycles. The number of methoxy groups -OCH3 is 2. The van der Waals surface area contributed by atoms with Gasteiger partial charge in [-0.1, -0.05) is 0 Å². The van der Waals surface area contributed by atoms with Crippen molar-refractivity contribution in [3.63, 3.8) is 0 Å². The molecule has 1 aliphatic rings. The van der Waals surface area contributed by atoms with Crippen LogP contribution < -0.4 is 14.8 Å². The Morgan fingerprint density at radius 2 is 1.83 bits per heavy atom. The number of aliphatic hydroxyl groups excluding tert-OH is 1. The summed E-state index contributed by atoms with van der Waals surface area (Å²) in [6, 6.07) is 7.72. The van der Waals surface area contributed by atoms with Gasteiger partial charge >= 0.3 is 0 Å². The van der Waals surface area contributed by atoms with Crippen molar-refractivity contribution >= 4 is 17.0 Å². The Labute approximate surface area is 173 Å². The number of aromatic nitrogens is 5. The lowest BCUT2D eigenvalue weighted by molar-refractivity contribution is 0.352. The van der Waals surface area contributed by atoms with Crippen LogP contribution in [0.5, 0.6) is 11.5 Å². The second-order valence-corrected chi connectivity index (χ2v) is 6.56. The van der Waals surface area contributed by atoms with E-state index in [9.17, 15) is 0 Å². The molecule has 0 spiro atoms. The van der Waals surface area contributed by atoms with Crippen molar-refractivity contribution in [1.29, 1.82) is 0 Å². The van der Waals surface area contributed by atoms with Crippen LogP contribution in [0.2, 0.25) is 0 Å². The first-order valence-corrected chi connectivity index (χ1v) is 9.31. The fourth-order valence-corrected chi connectivity index (χ4v) is 3.61. The smallest absolute Gasteiger partial charge is 0.182 e. The minimum Gasteiger partial charge on any atom is -0.493 e. The first-order chi connectivity index (χ1) is 14.7. The number of aliphatic hydroxyl groups is 1. The molecule has 0 fully saturated rings. The first kappa shape index (κ1) is 19.6. The summed E-state index contributed by atoms with van der Waals surface area (Å²) in [5.74, 6) is 3.49. The van der Waals surface area contributed by atoms with Crippen LogP contribution in [0.15, 0.2) is 36.7 Å². The minimum absolute atomic E-state index is 0.595. The van der Waals surface area contributed by atoms with Gasteiger partial charge in [0, 0.05) is 48.8 Å². The van der Waals surface area contributed by atoms with Crippen LogP contribution >= 0.6 is 0 Å². The Morgan fingerprint density at radius 1 is 1.07 bits per heavy atom. The number of imidazole rings is 1. The lowest BCUT2D eigenvalue weighted by Crippen LogP contribution is -2.08. The van der Waals surface area contributed by atoms with E-state index in [1.165, 1.54) is 0 Å². The maximum atomic E-state index is 7.00. The summed E-state index contributed by atoms with van der Waals surface area (Å²) in [6.07, 6.45) is 4.05. The summed E-state index contributed by atoms with van der Waals surface area (Å²) in [7, 11) is 4.28. The molecule has 0 unspecified atom stereocenters. The lowest BCUT2D eigenvalue weighted by Gasteiger charge is -2.18. The van der Waals surface area contributed by atoms with Gasteiger partial charge in [0.2, 0.25) is 0 Å². The molecule has 4 heterocycles. The number of hydrogen-bond acceptors (Lipinski definition) is 8. The molecule has 4 aromatic rings. The van der Waals surface area contributed by atoms with Crippen molar-refractivity contribution in [3.05, 3.63) is 53.7 Å². The Hall–Kier alpha value is -3.72. The fourth-order valence-electron chi connectivity index (χ4n) is 3.61.